The lowest BCUT2D eigenvalue weighted by atomic mass is 10.4. The van der Waals surface area contributed by atoms with Crippen molar-refractivity contribution in [3.8, 4) is 0 Å². The fourth-order valence-electron chi connectivity index (χ4n) is 0.919. The van der Waals surface area contributed by atoms with Crippen LogP contribution in [0.25, 0.3) is 0 Å². The molecule has 0 N–H and O–H groups in total. The fourth-order valence-corrected chi connectivity index (χ4v) is 1.04. The van der Waals surface area contributed by atoms with E-state index in [1.807, 2.05) is 0 Å². The van der Waals surface area contributed by atoms with Crippen molar-refractivity contribution in [2.45, 2.75) is 31.2 Å². The molecule has 5 heteroatoms. The van der Waals surface area contributed by atoms with Gasteiger partial charge in [0.15, 0.2) is 11.3 Å². The quantitative estimate of drug-likeness (QED) is 0.366. The van der Waals surface area contributed by atoms with Gasteiger partial charge in [-0.25, -0.2) is 0 Å². The van der Waals surface area contributed by atoms with Crippen LogP contribution in [0, 0.1) is 4.91 Å². The molecule has 1 heterocycles. The third-order valence-corrected chi connectivity index (χ3v) is 1.80. The third kappa shape index (κ3) is 2.12. The van der Waals surface area contributed by atoms with Crippen molar-refractivity contribution < 1.29 is 9.47 Å². The minimum Gasteiger partial charge on any atom is -0.348 e. The average molecular weight is 180 g/mol. The molecule has 11 heavy (non-hydrogen) atoms. The van der Waals surface area contributed by atoms with E-state index in [1.54, 1.807) is 13.8 Å². The van der Waals surface area contributed by atoms with Gasteiger partial charge < -0.3 is 9.47 Å². The number of alkyl halides is 1. The van der Waals surface area contributed by atoms with Crippen LogP contribution in [0.5, 0.6) is 0 Å². The van der Waals surface area contributed by atoms with Gasteiger partial charge in [0, 0.05) is 0 Å². The van der Waals surface area contributed by atoms with Crippen LogP contribution in [0.3, 0.4) is 0 Å². The highest BCUT2D eigenvalue weighted by atomic mass is 35.5. The van der Waals surface area contributed by atoms with E-state index in [0.29, 0.717) is 6.61 Å². The maximum absolute atomic E-state index is 9.99. The van der Waals surface area contributed by atoms with Crippen LogP contribution in [0.15, 0.2) is 5.18 Å². The lowest BCUT2D eigenvalue weighted by molar-refractivity contribution is -0.138. The zero-order valence-electron chi connectivity index (χ0n) is 6.41. The first-order valence-electron chi connectivity index (χ1n) is 3.33. The number of nitrogens with zero attached hydrogens (tertiary/aromatic N) is 1. The minimum atomic E-state index is -0.850. The summed E-state index contributed by atoms with van der Waals surface area (Å²) in [5, 5.41) is 2.65. The van der Waals surface area contributed by atoms with Gasteiger partial charge in [-0.1, -0.05) is 11.6 Å². The van der Waals surface area contributed by atoms with Crippen molar-refractivity contribution >= 4 is 11.6 Å². The first-order valence-corrected chi connectivity index (χ1v) is 3.77. The molecule has 0 aliphatic carbocycles. The zero-order chi connectivity index (χ0) is 8.48. The molecule has 1 fully saturated rings. The molecule has 1 aliphatic heterocycles. The molecule has 0 bridgehead atoms. The highest BCUT2D eigenvalue weighted by Gasteiger charge is 2.37. The number of ether oxygens (including phenoxy) is 2. The monoisotopic (exact) mass is 179 g/mol. The largest absolute Gasteiger partial charge is 0.348 e. The van der Waals surface area contributed by atoms with Crippen LogP contribution in [-0.2, 0) is 9.47 Å². The van der Waals surface area contributed by atoms with E-state index in [2.05, 4.69) is 5.18 Å². The molecule has 0 amide bonds. The summed E-state index contributed by atoms with van der Waals surface area (Å²) in [5.74, 6) is -0.636. The van der Waals surface area contributed by atoms with Gasteiger partial charge in [-0.3, -0.25) is 0 Å². The number of rotatable bonds is 2. The molecule has 2 atom stereocenters. The highest BCUT2D eigenvalue weighted by Crippen LogP contribution is 2.26. The van der Waals surface area contributed by atoms with Gasteiger partial charge in [0.05, 0.1) is 6.61 Å². The molecule has 0 radical (unpaired) electrons. The van der Waals surface area contributed by atoms with Gasteiger partial charge >= 0.3 is 0 Å². The molecule has 1 unspecified atom stereocenters. The first kappa shape index (κ1) is 8.90. The van der Waals surface area contributed by atoms with Crippen LogP contribution in [0.1, 0.15) is 13.8 Å². The molecule has 4 nitrogen and oxygen atoms in total. The first-order chi connectivity index (χ1) is 5.05. The topological polar surface area (TPSA) is 47.9 Å². The summed E-state index contributed by atoms with van der Waals surface area (Å²) in [7, 11) is 0. The van der Waals surface area contributed by atoms with Crippen molar-refractivity contribution in [2.75, 3.05) is 6.61 Å². The predicted octanol–water partition coefficient (Wildman–Crippen LogP) is 1.47. The Labute approximate surface area is 69.8 Å². The summed E-state index contributed by atoms with van der Waals surface area (Å²) in [6, 6.07) is 0. The number of hydrogen-bond donors (Lipinski definition) is 0. The van der Waals surface area contributed by atoms with Gasteiger partial charge in [-0.2, -0.15) is 0 Å². The smallest absolute Gasteiger partial charge is 0.193 e. The second-order valence-electron chi connectivity index (χ2n) is 2.85. The normalized spacial score (nSPS) is 31.7. The lowest BCUT2D eigenvalue weighted by Crippen LogP contribution is -2.25. The van der Waals surface area contributed by atoms with Crippen molar-refractivity contribution in [3.63, 3.8) is 0 Å². The summed E-state index contributed by atoms with van der Waals surface area (Å²) in [6.45, 7) is 3.86. The number of nitroso groups, excluding NO2 is 1. The molecule has 0 spiro atoms. The maximum atomic E-state index is 9.99. The van der Waals surface area contributed by atoms with E-state index in [9.17, 15) is 4.91 Å². The Hall–Kier alpha value is -0.190. The zero-order valence-corrected chi connectivity index (χ0v) is 7.17. The molecule has 64 valence electrons. The lowest BCUT2D eigenvalue weighted by Gasteiger charge is -2.16. The summed E-state index contributed by atoms with van der Waals surface area (Å²) >= 11 is 5.51. The second-order valence-corrected chi connectivity index (χ2v) is 3.29. The Morgan fingerprint density at radius 3 is 2.73 bits per heavy atom. The Bertz CT molecular complexity index is 162. The van der Waals surface area contributed by atoms with Crippen LogP contribution in [0.4, 0.5) is 0 Å². The molecule has 0 aromatic carbocycles. The average Bonchev–Trinajstić information content (AvgIpc) is 2.29. The van der Waals surface area contributed by atoms with Crippen molar-refractivity contribution in [3.05, 3.63) is 4.91 Å². The van der Waals surface area contributed by atoms with Gasteiger partial charge in [-0.15, -0.1) is 4.91 Å². The summed E-state index contributed by atoms with van der Waals surface area (Å²) in [5.41, 5.74) is -0.850. The van der Waals surface area contributed by atoms with E-state index >= 15 is 0 Å². The minimum absolute atomic E-state index is 0.326. The van der Waals surface area contributed by atoms with Gasteiger partial charge in [0.25, 0.3) is 0 Å². The number of halogens is 1. The SMILES string of the molecule is CC1(C)OC[C@@H](C(Cl)N=O)O1. The molecular formula is C6H10ClNO3. The van der Waals surface area contributed by atoms with E-state index < -0.39 is 17.4 Å². The summed E-state index contributed by atoms with van der Waals surface area (Å²) in [4.78, 5) is 9.99. The van der Waals surface area contributed by atoms with Gasteiger partial charge in [-0.05, 0) is 19.0 Å². The predicted molar refractivity (Wildman–Crippen MR) is 40.3 cm³/mol. The fraction of sp³-hybridized carbons (Fsp3) is 1.00. The molecule has 1 aliphatic rings. The Balaban J connectivity index is 2.47. The maximum Gasteiger partial charge on any atom is 0.193 e. The summed E-state index contributed by atoms with van der Waals surface area (Å²) < 4.78 is 10.4. The van der Waals surface area contributed by atoms with Crippen LogP contribution in [-0.4, -0.2) is 24.0 Å². The standard InChI is InChI=1S/C6H10ClNO3/c1-6(2)10-3-4(11-6)5(7)8-9/h4-5H,3H2,1-2H3/t4-,5?/m0/s1. The molecule has 0 aromatic heterocycles. The van der Waals surface area contributed by atoms with E-state index in [4.69, 9.17) is 21.1 Å². The molecule has 0 saturated carbocycles. The number of hydrogen-bond acceptors (Lipinski definition) is 4. The molecule has 1 rings (SSSR count). The van der Waals surface area contributed by atoms with Crippen molar-refractivity contribution in [1.29, 1.82) is 0 Å². The Kier molecular flexibility index (Phi) is 2.47. The van der Waals surface area contributed by atoms with Crippen LogP contribution in [0.2, 0.25) is 0 Å². The van der Waals surface area contributed by atoms with E-state index in [-0.39, 0.29) is 0 Å². The van der Waals surface area contributed by atoms with Gasteiger partial charge in [0.2, 0.25) is 0 Å². The van der Waals surface area contributed by atoms with Crippen molar-refractivity contribution in [2.24, 2.45) is 5.18 Å². The van der Waals surface area contributed by atoms with Gasteiger partial charge in [0.1, 0.15) is 6.10 Å². The summed E-state index contributed by atoms with van der Waals surface area (Å²) in [6.07, 6.45) is -0.413. The van der Waals surface area contributed by atoms with Crippen LogP contribution >= 0.6 is 11.6 Å². The molecule has 1 saturated heterocycles. The molecule has 0 aromatic rings. The molecular weight excluding hydrogens is 170 g/mol. The highest BCUT2D eigenvalue weighted by molar-refractivity contribution is 6.20. The van der Waals surface area contributed by atoms with E-state index in [0.717, 1.165) is 0 Å². The van der Waals surface area contributed by atoms with E-state index in [1.165, 1.54) is 0 Å². The van der Waals surface area contributed by atoms with Crippen LogP contribution < -0.4 is 0 Å². The van der Waals surface area contributed by atoms with Crippen molar-refractivity contribution in [1.82, 2.24) is 0 Å². The third-order valence-electron chi connectivity index (χ3n) is 1.44. The Morgan fingerprint density at radius 1 is 1.73 bits per heavy atom. The Morgan fingerprint density at radius 2 is 2.36 bits per heavy atom. The second kappa shape index (κ2) is 3.05.